The summed E-state index contributed by atoms with van der Waals surface area (Å²) < 4.78 is 0. The molecule has 1 heterocycles. The van der Waals surface area contributed by atoms with Crippen molar-refractivity contribution in [3.05, 3.63) is 34.9 Å². The highest BCUT2D eigenvalue weighted by molar-refractivity contribution is 5.99. The molecule has 1 atom stereocenters. The first-order valence-corrected chi connectivity index (χ1v) is 6.67. The lowest BCUT2D eigenvalue weighted by atomic mass is 10.0. The average molecular weight is 274 g/mol. The van der Waals surface area contributed by atoms with Gasteiger partial charge in [0.25, 0.3) is 5.91 Å². The van der Waals surface area contributed by atoms with Crippen molar-refractivity contribution in [3.8, 4) is 0 Å². The van der Waals surface area contributed by atoms with E-state index in [0.717, 1.165) is 16.7 Å². The molecule has 3 amide bonds. The Morgan fingerprint density at radius 1 is 1.50 bits per heavy atom. The molecule has 5 nitrogen and oxygen atoms in total. The Morgan fingerprint density at radius 3 is 2.90 bits per heavy atom. The van der Waals surface area contributed by atoms with Crippen LogP contribution in [-0.4, -0.2) is 29.2 Å². The van der Waals surface area contributed by atoms with Crippen molar-refractivity contribution in [1.82, 2.24) is 10.2 Å². The van der Waals surface area contributed by atoms with Crippen molar-refractivity contribution < 1.29 is 14.4 Å². The third kappa shape index (κ3) is 2.71. The summed E-state index contributed by atoms with van der Waals surface area (Å²) in [4.78, 5) is 35.6. The van der Waals surface area contributed by atoms with E-state index in [-0.39, 0.29) is 24.3 Å². The fourth-order valence-corrected chi connectivity index (χ4v) is 2.55. The fraction of sp³-hybridized carbons (Fsp3) is 0.400. The second-order valence-electron chi connectivity index (χ2n) is 5.12. The van der Waals surface area contributed by atoms with Gasteiger partial charge in [0.2, 0.25) is 12.3 Å². The van der Waals surface area contributed by atoms with Crippen LogP contribution in [0.3, 0.4) is 0 Å². The van der Waals surface area contributed by atoms with E-state index >= 15 is 0 Å². The Hall–Kier alpha value is -2.17. The van der Waals surface area contributed by atoms with Crippen molar-refractivity contribution in [1.29, 1.82) is 0 Å². The number of fused-ring (bicyclic) bond motifs is 1. The highest BCUT2D eigenvalue weighted by Crippen LogP contribution is 2.28. The van der Waals surface area contributed by atoms with Gasteiger partial charge in [-0.15, -0.1) is 0 Å². The van der Waals surface area contributed by atoms with Gasteiger partial charge in [0.15, 0.2) is 0 Å². The topological polar surface area (TPSA) is 66.5 Å². The van der Waals surface area contributed by atoms with Gasteiger partial charge in [-0.3, -0.25) is 19.7 Å². The van der Waals surface area contributed by atoms with E-state index in [1.54, 1.807) is 4.90 Å². The molecular formula is C15H18N2O3. The predicted octanol–water partition coefficient (Wildman–Crippen LogP) is 1.39. The third-order valence-corrected chi connectivity index (χ3v) is 3.72. The van der Waals surface area contributed by atoms with Crippen LogP contribution in [-0.2, 0) is 16.1 Å². The number of nitrogens with zero attached hydrogens (tertiary/aromatic N) is 1. The van der Waals surface area contributed by atoms with E-state index in [1.165, 1.54) is 0 Å². The highest BCUT2D eigenvalue weighted by atomic mass is 16.2. The number of imide groups is 1. The Kier molecular flexibility index (Phi) is 4.17. The highest BCUT2D eigenvalue weighted by Gasteiger charge is 2.31. The number of carbonyl (C=O) groups is 3. The van der Waals surface area contributed by atoms with Crippen molar-refractivity contribution in [2.45, 2.75) is 39.3 Å². The van der Waals surface area contributed by atoms with E-state index in [9.17, 15) is 14.4 Å². The maximum atomic E-state index is 12.4. The van der Waals surface area contributed by atoms with Crippen LogP contribution >= 0.6 is 0 Å². The van der Waals surface area contributed by atoms with Crippen LogP contribution in [0.1, 0.15) is 41.3 Å². The van der Waals surface area contributed by atoms with Gasteiger partial charge in [-0.1, -0.05) is 18.2 Å². The maximum absolute atomic E-state index is 12.4. The molecule has 106 valence electrons. The normalized spacial score (nSPS) is 14.9. The molecule has 5 heteroatoms. The van der Waals surface area contributed by atoms with Gasteiger partial charge < -0.3 is 4.90 Å². The molecule has 0 saturated carbocycles. The quantitative estimate of drug-likeness (QED) is 0.825. The summed E-state index contributed by atoms with van der Waals surface area (Å²) in [5.41, 5.74) is 2.82. The number of rotatable bonds is 5. The summed E-state index contributed by atoms with van der Waals surface area (Å²) in [6.07, 6.45) is 1.16. The van der Waals surface area contributed by atoms with Crippen LogP contribution in [0.2, 0.25) is 0 Å². The monoisotopic (exact) mass is 274 g/mol. The maximum Gasteiger partial charge on any atom is 0.255 e. The molecule has 1 aromatic carbocycles. The molecule has 0 radical (unpaired) electrons. The average Bonchev–Trinajstić information content (AvgIpc) is 2.75. The zero-order valence-electron chi connectivity index (χ0n) is 11.7. The van der Waals surface area contributed by atoms with Crippen LogP contribution in [0.25, 0.3) is 0 Å². The number of carbonyl (C=O) groups excluding carboxylic acids is 3. The minimum absolute atomic E-state index is 0.0291. The molecule has 0 bridgehead atoms. The summed E-state index contributed by atoms with van der Waals surface area (Å²) in [5.74, 6) is -0.284. The van der Waals surface area contributed by atoms with Gasteiger partial charge in [-0.05, 0) is 31.4 Å². The third-order valence-electron chi connectivity index (χ3n) is 3.72. The number of benzene rings is 1. The lowest BCUT2D eigenvalue weighted by molar-refractivity contribution is -0.125. The molecule has 1 aromatic rings. The standard InChI is InChI=1S/C15H18N2O3/c1-10-4-3-5-12-8-17(15(20)14(10)12)11(2)6-7-13(19)16-9-18/h3-5,9,11H,6-8H2,1-2H3,(H,16,18,19). The minimum Gasteiger partial charge on any atom is -0.332 e. The van der Waals surface area contributed by atoms with Crippen molar-refractivity contribution in [2.75, 3.05) is 0 Å². The van der Waals surface area contributed by atoms with Crippen LogP contribution in [0, 0.1) is 6.92 Å². The van der Waals surface area contributed by atoms with Gasteiger partial charge in [0.1, 0.15) is 0 Å². The van der Waals surface area contributed by atoms with Crippen LogP contribution < -0.4 is 5.32 Å². The summed E-state index contributed by atoms with van der Waals surface area (Å²) in [6.45, 7) is 4.45. The van der Waals surface area contributed by atoms with Crippen molar-refractivity contribution in [3.63, 3.8) is 0 Å². The van der Waals surface area contributed by atoms with E-state index in [4.69, 9.17) is 0 Å². The van der Waals surface area contributed by atoms with Gasteiger partial charge in [-0.2, -0.15) is 0 Å². The first-order chi connectivity index (χ1) is 9.54. The lowest BCUT2D eigenvalue weighted by Crippen LogP contribution is -2.34. The minimum atomic E-state index is -0.313. The van der Waals surface area contributed by atoms with Crippen LogP contribution in [0.15, 0.2) is 18.2 Å². The molecule has 0 saturated heterocycles. The molecule has 0 spiro atoms. The lowest BCUT2D eigenvalue weighted by Gasteiger charge is -2.24. The SMILES string of the molecule is Cc1cccc2c1C(=O)N(C(C)CCC(=O)NC=O)C2. The number of nitrogens with one attached hydrogen (secondary N) is 1. The Morgan fingerprint density at radius 2 is 2.25 bits per heavy atom. The molecule has 1 aliphatic heterocycles. The predicted molar refractivity (Wildman–Crippen MR) is 74.0 cm³/mol. The largest absolute Gasteiger partial charge is 0.332 e. The van der Waals surface area contributed by atoms with Gasteiger partial charge in [0.05, 0.1) is 0 Å². The van der Waals surface area contributed by atoms with Crippen LogP contribution in [0.5, 0.6) is 0 Å². The number of hydrogen-bond donors (Lipinski definition) is 1. The number of amides is 3. The summed E-state index contributed by atoms with van der Waals surface area (Å²) >= 11 is 0. The molecular weight excluding hydrogens is 256 g/mol. The first-order valence-electron chi connectivity index (χ1n) is 6.67. The smallest absolute Gasteiger partial charge is 0.255 e. The second-order valence-corrected chi connectivity index (χ2v) is 5.12. The Labute approximate surface area is 118 Å². The van der Waals surface area contributed by atoms with E-state index in [2.05, 4.69) is 5.32 Å². The van der Waals surface area contributed by atoms with Gasteiger partial charge >= 0.3 is 0 Å². The molecule has 2 rings (SSSR count). The molecule has 0 fully saturated rings. The molecule has 1 N–H and O–H groups in total. The van der Waals surface area contributed by atoms with Gasteiger partial charge in [0, 0.05) is 24.6 Å². The summed E-state index contributed by atoms with van der Waals surface area (Å²) in [6, 6.07) is 5.81. The van der Waals surface area contributed by atoms with Crippen molar-refractivity contribution in [2.24, 2.45) is 0 Å². The first kappa shape index (κ1) is 14.2. The van der Waals surface area contributed by atoms with E-state index in [0.29, 0.717) is 19.4 Å². The van der Waals surface area contributed by atoms with Gasteiger partial charge in [-0.25, -0.2) is 0 Å². The van der Waals surface area contributed by atoms with E-state index in [1.807, 2.05) is 32.0 Å². The van der Waals surface area contributed by atoms with Crippen molar-refractivity contribution >= 4 is 18.2 Å². The Bertz CT molecular complexity index is 554. The Balaban J connectivity index is 2.02. The summed E-state index contributed by atoms with van der Waals surface area (Å²) in [7, 11) is 0. The van der Waals surface area contributed by atoms with Crippen LogP contribution in [0.4, 0.5) is 0 Å². The molecule has 0 aromatic heterocycles. The van der Waals surface area contributed by atoms with E-state index < -0.39 is 0 Å². The zero-order valence-corrected chi connectivity index (χ0v) is 11.7. The second kappa shape index (κ2) is 5.86. The summed E-state index contributed by atoms with van der Waals surface area (Å²) in [5, 5.41) is 2.11. The zero-order chi connectivity index (χ0) is 14.7. The molecule has 20 heavy (non-hydrogen) atoms. The number of aryl methyl sites for hydroxylation is 1. The molecule has 1 unspecified atom stereocenters. The molecule has 1 aliphatic rings. The fourth-order valence-electron chi connectivity index (χ4n) is 2.55. The number of hydrogen-bond acceptors (Lipinski definition) is 3. The molecule has 0 aliphatic carbocycles.